The Morgan fingerprint density at radius 3 is 2.86 bits per heavy atom. The van der Waals surface area contributed by atoms with E-state index in [1.807, 2.05) is 17.1 Å². The summed E-state index contributed by atoms with van der Waals surface area (Å²) >= 11 is 0. The van der Waals surface area contributed by atoms with E-state index in [0.717, 1.165) is 24.6 Å². The number of nitrogens with one attached hydrogen (secondary N) is 1. The molecule has 3 aromatic rings. The van der Waals surface area contributed by atoms with Crippen LogP contribution >= 0.6 is 0 Å². The van der Waals surface area contributed by atoms with Gasteiger partial charge in [0.15, 0.2) is 0 Å². The number of aliphatic imine (C=N–C) groups is 1. The Morgan fingerprint density at radius 1 is 1.09 bits per heavy atom. The van der Waals surface area contributed by atoms with Gasteiger partial charge in [0.1, 0.15) is 5.84 Å². The number of imidazole rings is 1. The molecule has 0 aliphatic carbocycles. The highest BCUT2D eigenvalue weighted by Gasteiger charge is 2.16. The van der Waals surface area contributed by atoms with Gasteiger partial charge in [-0.3, -0.25) is 0 Å². The Hall–Kier alpha value is -2.88. The van der Waals surface area contributed by atoms with E-state index in [2.05, 4.69) is 58.9 Å². The van der Waals surface area contributed by atoms with E-state index in [0.29, 0.717) is 0 Å². The average Bonchev–Trinajstić information content (AvgIpc) is 3.17. The van der Waals surface area contributed by atoms with Crippen LogP contribution < -0.4 is 5.32 Å². The molecular formula is C18H16N4. The molecule has 22 heavy (non-hydrogen) atoms. The van der Waals surface area contributed by atoms with Crippen molar-refractivity contribution in [3.05, 3.63) is 72.8 Å². The summed E-state index contributed by atoms with van der Waals surface area (Å²) in [6.45, 7) is 1.60. The van der Waals surface area contributed by atoms with Gasteiger partial charge in [0.2, 0.25) is 0 Å². The van der Waals surface area contributed by atoms with Crippen LogP contribution in [0.3, 0.4) is 0 Å². The normalized spacial score (nSPS) is 13.0. The maximum absolute atomic E-state index is 4.70. The lowest BCUT2D eigenvalue weighted by atomic mass is 10.0. The van der Waals surface area contributed by atoms with Crippen molar-refractivity contribution in [3.63, 3.8) is 0 Å². The predicted octanol–water partition coefficient (Wildman–Crippen LogP) is 3.27. The number of hydrogen-bond donors (Lipinski definition) is 1. The SMILES string of the molecule is C(=C\Cn1ccnc1)/CNC1=Nc2cccc3cccc1c23. The van der Waals surface area contributed by atoms with Crippen molar-refractivity contribution in [1.29, 1.82) is 0 Å². The van der Waals surface area contributed by atoms with E-state index in [1.165, 1.54) is 16.3 Å². The van der Waals surface area contributed by atoms with Crippen molar-refractivity contribution in [2.45, 2.75) is 6.54 Å². The summed E-state index contributed by atoms with van der Waals surface area (Å²) < 4.78 is 2.03. The van der Waals surface area contributed by atoms with Crippen molar-refractivity contribution in [3.8, 4) is 0 Å². The monoisotopic (exact) mass is 288 g/mol. The lowest BCUT2D eigenvalue weighted by Gasteiger charge is -2.05. The van der Waals surface area contributed by atoms with E-state index in [4.69, 9.17) is 4.99 Å². The molecule has 4 heteroatoms. The van der Waals surface area contributed by atoms with Crippen LogP contribution in [0.2, 0.25) is 0 Å². The number of allylic oxidation sites excluding steroid dienone is 1. The van der Waals surface area contributed by atoms with Crippen molar-refractivity contribution >= 4 is 22.3 Å². The van der Waals surface area contributed by atoms with Crippen LogP contribution in [0.15, 0.2) is 72.3 Å². The van der Waals surface area contributed by atoms with Gasteiger partial charge in [-0.1, -0.05) is 42.5 Å². The molecule has 0 fully saturated rings. The van der Waals surface area contributed by atoms with Gasteiger partial charge >= 0.3 is 0 Å². The largest absolute Gasteiger partial charge is 0.366 e. The van der Waals surface area contributed by atoms with E-state index in [-0.39, 0.29) is 0 Å². The van der Waals surface area contributed by atoms with Crippen LogP contribution in [-0.4, -0.2) is 21.9 Å². The smallest absolute Gasteiger partial charge is 0.134 e. The van der Waals surface area contributed by atoms with Crippen molar-refractivity contribution in [2.24, 2.45) is 4.99 Å². The fourth-order valence-electron chi connectivity index (χ4n) is 2.76. The first kappa shape index (κ1) is 12.8. The second-order valence-corrected chi connectivity index (χ2v) is 5.25. The number of benzene rings is 2. The molecule has 1 aromatic heterocycles. The second kappa shape index (κ2) is 5.48. The number of aromatic nitrogens is 2. The number of rotatable bonds is 4. The van der Waals surface area contributed by atoms with E-state index in [9.17, 15) is 0 Å². The first-order valence-corrected chi connectivity index (χ1v) is 7.37. The van der Waals surface area contributed by atoms with E-state index in [1.54, 1.807) is 6.20 Å². The third kappa shape index (κ3) is 2.29. The Bertz CT molecular complexity index is 855. The summed E-state index contributed by atoms with van der Waals surface area (Å²) in [5.41, 5.74) is 2.24. The lowest BCUT2D eigenvalue weighted by molar-refractivity contribution is 0.816. The summed E-state index contributed by atoms with van der Waals surface area (Å²) in [5, 5.41) is 5.89. The van der Waals surface area contributed by atoms with Gasteiger partial charge in [0.25, 0.3) is 0 Å². The molecule has 2 heterocycles. The number of amidine groups is 1. The first-order chi connectivity index (χ1) is 10.9. The predicted molar refractivity (Wildman–Crippen MR) is 89.5 cm³/mol. The molecule has 1 aliphatic heterocycles. The fourth-order valence-corrected chi connectivity index (χ4v) is 2.76. The molecule has 1 N–H and O–H groups in total. The molecule has 0 spiro atoms. The van der Waals surface area contributed by atoms with Crippen molar-refractivity contribution in [2.75, 3.05) is 6.54 Å². The van der Waals surface area contributed by atoms with Gasteiger partial charge in [0, 0.05) is 36.4 Å². The maximum Gasteiger partial charge on any atom is 0.134 e. The molecule has 4 rings (SSSR count). The summed E-state index contributed by atoms with van der Waals surface area (Å²) in [4.78, 5) is 8.72. The topological polar surface area (TPSA) is 42.2 Å². The highest BCUT2D eigenvalue weighted by molar-refractivity contribution is 6.18. The zero-order valence-corrected chi connectivity index (χ0v) is 12.1. The maximum atomic E-state index is 4.70. The summed E-state index contributed by atoms with van der Waals surface area (Å²) in [5.74, 6) is 0.957. The van der Waals surface area contributed by atoms with Gasteiger partial charge in [-0.25, -0.2) is 9.98 Å². The van der Waals surface area contributed by atoms with E-state index >= 15 is 0 Å². The lowest BCUT2D eigenvalue weighted by Crippen LogP contribution is -2.23. The molecule has 0 unspecified atom stereocenters. The minimum atomic E-state index is 0.762. The van der Waals surface area contributed by atoms with Gasteiger partial charge in [-0.15, -0.1) is 0 Å². The third-order valence-electron chi connectivity index (χ3n) is 3.80. The Morgan fingerprint density at radius 2 is 2.00 bits per heavy atom. The van der Waals surface area contributed by atoms with Crippen molar-refractivity contribution < 1.29 is 0 Å². The van der Waals surface area contributed by atoms with Gasteiger partial charge in [-0.05, 0) is 11.5 Å². The van der Waals surface area contributed by atoms with Crippen LogP contribution in [0.1, 0.15) is 5.56 Å². The fraction of sp³-hybridized carbons (Fsp3) is 0.111. The van der Waals surface area contributed by atoms with E-state index < -0.39 is 0 Å². The first-order valence-electron chi connectivity index (χ1n) is 7.37. The molecule has 0 bridgehead atoms. The van der Waals surface area contributed by atoms with Crippen molar-refractivity contribution in [1.82, 2.24) is 14.9 Å². The highest BCUT2D eigenvalue weighted by Crippen LogP contribution is 2.34. The molecule has 1 aliphatic rings. The third-order valence-corrected chi connectivity index (χ3v) is 3.80. The molecule has 0 radical (unpaired) electrons. The van der Waals surface area contributed by atoms with Crippen LogP contribution in [0.4, 0.5) is 5.69 Å². The minimum Gasteiger partial charge on any atom is -0.366 e. The molecule has 2 aromatic carbocycles. The number of hydrogen-bond acceptors (Lipinski definition) is 3. The van der Waals surface area contributed by atoms with Crippen LogP contribution in [-0.2, 0) is 6.54 Å². The second-order valence-electron chi connectivity index (χ2n) is 5.25. The zero-order chi connectivity index (χ0) is 14.8. The minimum absolute atomic E-state index is 0.762. The molecule has 0 saturated carbocycles. The van der Waals surface area contributed by atoms with Crippen LogP contribution in [0.25, 0.3) is 10.8 Å². The Kier molecular flexibility index (Phi) is 3.20. The molecule has 108 valence electrons. The Balaban J connectivity index is 1.45. The summed E-state index contributed by atoms with van der Waals surface area (Å²) in [6, 6.07) is 12.6. The Labute approximate surface area is 128 Å². The summed E-state index contributed by atoms with van der Waals surface area (Å²) in [6.07, 6.45) is 9.80. The highest BCUT2D eigenvalue weighted by atomic mass is 15.0. The van der Waals surface area contributed by atoms with Crippen LogP contribution in [0, 0.1) is 0 Å². The standard InChI is InChI=1S/C18H16N4/c1(2-11-22-12-10-19-13-22)9-20-18-15-7-3-5-14-6-4-8-16(21-18)17(14)15/h1-8,10,12-13H,9,11H2,(H,20,21)/b2-1+. The molecule has 0 amide bonds. The average molecular weight is 288 g/mol. The summed E-state index contributed by atoms with van der Waals surface area (Å²) in [7, 11) is 0. The number of nitrogens with zero attached hydrogens (tertiary/aromatic N) is 3. The quantitative estimate of drug-likeness (QED) is 0.749. The van der Waals surface area contributed by atoms with Gasteiger partial charge in [0.05, 0.1) is 12.0 Å². The molecule has 4 nitrogen and oxygen atoms in total. The molecule has 0 saturated heterocycles. The van der Waals surface area contributed by atoms with Crippen LogP contribution in [0.5, 0.6) is 0 Å². The molecular weight excluding hydrogens is 272 g/mol. The van der Waals surface area contributed by atoms with Gasteiger partial charge in [-0.2, -0.15) is 0 Å². The van der Waals surface area contributed by atoms with Gasteiger partial charge < -0.3 is 9.88 Å². The molecule has 0 atom stereocenters. The zero-order valence-electron chi connectivity index (χ0n) is 12.1.